The zero-order valence-corrected chi connectivity index (χ0v) is 16.5. The van der Waals surface area contributed by atoms with Gasteiger partial charge in [0, 0.05) is 12.2 Å². The number of carbonyl (C=O) groups is 2. The van der Waals surface area contributed by atoms with Gasteiger partial charge >= 0.3 is 0 Å². The predicted octanol–water partition coefficient (Wildman–Crippen LogP) is 3.69. The molecule has 0 bridgehead atoms. The van der Waals surface area contributed by atoms with Gasteiger partial charge in [-0.15, -0.1) is 0 Å². The van der Waals surface area contributed by atoms with E-state index in [2.05, 4.69) is 5.32 Å². The maximum Gasteiger partial charge on any atom is 0.278 e. The van der Waals surface area contributed by atoms with Crippen LogP contribution in [0.25, 0.3) is 5.57 Å². The minimum Gasteiger partial charge on any atom is -0.497 e. The Morgan fingerprint density at radius 1 is 0.929 bits per heavy atom. The number of rotatable bonds is 7. The molecule has 1 aliphatic heterocycles. The van der Waals surface area contributed by atoms with Crippen LogP contribution < -0.4 is 14.8 Å². The summed E-state index contributed by atoms with van der Waals surface area (Å²) < 4.78 is 10.8. The summed E-state index contributed by atoms with van der Waals surface area (Å²) >= 11 is 0. The largest absolute Gasteiger partial charge is 0.497 e. The number of hydrogen-bond acceptors (Lipinski definition) is 5. The lowest BCUT2D eigenvalue weighted by molar-refractivity contribution is -0.136. The standard InChI is InChI=1S/C22H24N2O4/c1-5-24-21(25)19(15-6-10-18(11-7-15)28-14(2)3)20(22(24)26)23-16-8-12-17(27-4)13-9-16/h6-14,23H,5H2,1-4H3. The normalized spacial score (nSPS) is 14.1. The van der Waals surface area contributed by atoms with Gasteiger partial charge in [0.2, 0.25) is 0 Å². The highest BCUT2D eigenvalue weighted by molar-refractivity contribution is 6.36. The zero-order chi connectivity index (χ0) is 20.3. The first-order chi connectivity index (χ1) is 13.4. The van der Waals surface area contributed by atoms with Crippen molar-refractivity contribution in [3.8, 4) is 11.5 Å². The van der Waals surface area contributed by atoms with Crippen molar-refractivity contribution in [3.63, 3.8) is 0 Å². The van der Waals surface area contributed by atoms with Crippen LogP contribution in [0.2, 0.25) is 0 Å². The Balaban J connectivity index is 1.98. The van der Waals surface area contributed by atoms with E-state index in [1.807, 2.05) is 13.8 Å². The summed E-state index contributed by atoms with van der Waals surface area (Å²) in [4.78, 5) is 26.9. The average molecular weight is 380 g/mol. The van der Waals surface area contributed by atoms with E-state index in [0.29, 0.717) is 34.9 Å². The first-order valence-electron chi connectivity index (χ1n) is 9.23. The summed E-state index contributed by atoms with van der Waals surface area (Å²) in [5, 5.41) is 3.11. The highest BCUT2D eigenvalue weighted by Gasteiger charge is 2.38. The summed E-state index contributed by atoms with van der Waals surface area (Å²) in [7, 11) is 1.59. The van der Waals surface area contributed by atoms with Crippen molar-refractivity contribution >= 4 is 23.1 Å². The highest BCUT2D eigenvalue weighted by atomic mass is 16.5. The predicted molar refractivity (Wildman–Crippen MR) is 108 cm³/mol. The number of methoxy groups -OCH3 is 1. The summed E-state index contributed by atoms with van der Waals surface area (Å²) in [6.45, 7) is 5.99. The first-order valence-corrected chi connectivity index (χ1v) is 9.23. The molecule has 0 saturated heterocycles. The molecule has 0 aliphatic carbocycles. The number of likely N-dealkylation sites (N-methyl/N-ethyl adjacent to an activating group) is 1. The van der Waals surface area contributed by atoms with Crippen molar-refractivity contribution in [2.24, 2.45) is 0 Å². The molecule has 0 spiro atoms. The summed E-state index contributed by atoms with van der Waals surface area (Å²) in [6, 6.07) is 14.4. The SMILES string of the molecule is CCN1C(=O)C(Nc2ccc(OC)cc2)=C(c2ccc(OC(C)C)cc2)C1=O. The number of anilines is 1. The quantitative estimate of drug-likeness (QED) is 0.742. The van der Waals surface area contributed by atoms with Gasteiger partial charge in [-0.2, -0.15) is 0 Å². The lowest BCUT2D eigenvalue weighted by Crippen LogP contribution is -2.32. The fraction of sp³-hybridized carbons (Fsp3) is 0.273. The van der Waals surface area contributed by atoms with Gasteiger partial charge < -0.3 is 14.8 Å². The lowest BCUT2D eigenvalue weighted by atomic mass is 10.0. The molecule has 0 aromatic heterocycles. The summed E-state index contributed by atoms with van der Waals surface area (Å²) in [5.41, 5.74) is 2.00. The van der Waals surface area contributed by atoms with Crippen LogP contribution in [0, 0.1) is 0 Å². The second-order valence-corrected chi connectivity index (χ2v) is 6.65. The van der Waals surface area contributed by atoms with E-state index in [0.717, 1.165) is 0 Å². The van der Waals surface area contributed by atoms with Crippen LogP contribution in [-0.4, -0.2) is 36.5 Å². The molecule has 0 fully saturated rings. The molecular weight excluding hydrogens is 356 g/mol. The number of nitrogens with zero attached hydrogens (tertiary/aromatic N) is 1. The third kappa shape index (κ3) is 3.86. The molecule has 0 saturated carbocycles. The zero-order valence-electron chi connectivity index (χ0n) is 16.5. The molecule has 3 rings (SSSR count). The Hall–Kier alpha value is -3.28. The van der Waals surface area contributed by atoms with Crippen LogP contribution in [-0.2, 0) is 9.59 Å². The fourth-order valence-corrected chi connectivity index (χ4v) is 3.04. The summed E-state index contributed by atoms with van der Waals surface area (Å²) in [5.74, 6) is 0.791. The van der Waals surface area contributed by atoms with Crippen LogP contribution in [0.15, 0.2) is 54.2 Å². The summed E-state index contributed by atoms with van der Waals surface area (Å²) in [6.07, 6.45) is 0.0580. The molecule has 2 aromatic carbocycles. The maximum atomic E-state index is 12.9. The van der Waals surface area contributed by atoms with E-state index < -0.39 is 0 Å². The number of hydrogen-bond donors (Lipinski definition) is 1. The fourth-order valence-electron chi connectivity index (χ4n) is 3.04. The highest BCUT2D eigenvalue weighted by Crippen LogP contribution is 2.31. The van der Waals surface area contributed by atoms with E-state index >= 15 is 0 Å². The molecule has 6 nitrogen and oxygen atoms in total. The third-order valence-electron chi connectivity index (χ3n) is 4.36. The molecule has 1 aliphatic rings. The minimum atomic E-state index is -0.333. The monoisotopic (exact) mass is 380 g/mol. The molecule has 6 heteroatoms. The van der Waals surface area contributed by atoms with Crippen molar-refractivity contribution in [2.75, 3.05) is 19.0 Å². The maximum absolute atomic E-state index is 12.9. The molecule has 1 heterocycles. The second-order valence-electron chi connectivity index (χ2n) is 6.65. The molecule has 0 atom stereocenters. The number of amides is 2. The second kappa shape index (κ2) is 8.17. The van der Waals surface area contributed by atoms with Gasteiger partial charge in [0.25, 0.3) is 11.8 Å². The number of benzene rings is 2. The van der Waals surface area contributed by atoms with Crippen molar-refractivity contribution in [2.45, 2.75) is 26.9 Å². The van der Waals surface area contributed by atoms with Crippen LogP contribution in [0.1, 0.15) is 26.3 Å². The van der Waals surface area contributed by atoms with Crippen molar-refractivity contribution in [3.05, 3.63) is 59.8 Å². The molecule has 0 radical (unpaired) electrons. The van der Waals surface area contributed by atoms with Crippen molar-refractivity contribution in [1.29, 1.82) is 0 Å². The number of carbonyl (C=O) groups excluding carboxylic acids is 2. The third-order valence-corrected chi connectivity index (χ3v) is 4.36. The number of imide groups is 1. The van der Waals surface area contributed by atoms with Crippen LogP contribution in [0.3, 0.4) is 0 Å². The number of nitrogens with one attached hydrogen (secondary N) is 1. The minimum absolute atomic E-state index is 0.0580. The molecule has 2 aromatic rings. The Bertz CT molecular complexity index is 899. The average Bonchev–Trinajstić information content (AvgIpc) is 2.92. The smallest absolute Gasteiger partial charge is 0.278 e. The Labute approximate surface area is 164 Å². The topological polar surface area (TPSA) is 67.9 Å². The molecular formula is C22H24N2O4. The molecule has 146 valence electrons. The van der Waals surface area contributed by atoms with E-state index in [9.17, 15) is 9.59 Å². The van der Waals surface area contributed by atoms with Gasteiger partial charge in [-0.25, -0.2) is 0 Å². The molecule has 2 amide bonds. The van der Waals surface area contributed by atoms with Crippen LogP contribution in [0.5, 0.6) is 11.5 Å². The van der Waals surface area contributed by atoms with Gasteiger partial charge in [0.1, 0.15) is 17.2 Å². The van der Waals surface area contributed by atoms with Crippen molar-refractivity contribution < 1.29 is 19.1 Å². The van der Waals surface area contributed by atoms with Gasteiger partial charge in [-0.05, 0) is 62.7 Å². The number of ether oxygens (including phenoxy) is 2. The Morgan fingerprint density at radius 3 is 2.07 bits per heavy atom. The van der Waals surface area contributed by atoms with E-state index in [4.69, 9.17) is 9.47 Å². The van der Waals surface area contributed by atoms with Gasteiger partial charge in [-0.3, -0.25) is 14.5 Å². The van der Waals surface area contributed by atoms with Gasteiger partial charge in [-0.1, -0.05) is 12.1 Å². The Morgan fingerprint density at radius 2 is 1.54 bits per heavy atom. The van der Waals surface area contributed by atoms with E-state index in [1.165, 1.54) is 4.90 Å². The molecule has 1 N–H and O–H groups in total. The van der Waals surface area contributed by atoms with E-state index in [-0.39, 0.29) is 23.6 Å². The van der Waals surface area contributed by atoms with Gasteiger partial charge in [0.05, 0.1) is 18.8 Å². The van der Waals surface area contributed by atoms with Gasteiger partial charge in [0.15, 0.2) is 0 Å². The first kappa shape index (κ1) is 19.5. The van der Waals surface area contributed by atoms with E-state index in [1.54, 1.807) is 62.6 Å². The van der Waals surface area contributed by atoms with Crippen molar-refractivity contribution in [1.82, 2.24) is 4.90 Å². The molecule has 0 unspecified atom stereocenters. The van der Waals surface area contributed by atoms with Crippen LogP contribution >= 0.6 is 0 Å². The van der Waals surface area contributed by atoms with Crippen LogP contribution in [0.4, 0.5) is 5.69 Å². The molecule has 28 heavy (non-hydrogen) atoms. The lowest BCUT2D eigenvalue weighted by Gasteiger charge is -2.12. The Kier molecular flexibility index (Phi) is 5.68.